The molecule has 0 aliphatic carbocycles. The summed E-state index contributed by atoms with van der Waals surface area (Å²) in [5.74, 6) is 0.282. The summed E-state index contributed by atoms with van der Waals surface area (Å²) in [4.78, 5) is 4.48. The van der Waals surface area contributed by atoms with E-state index in [1.54, 1.807) is 0 Å². The van der Waals surface area contributed by atoms with Crippen molar-refractivity contribution in [1.29, 1.82) is 0 Å². The molecule has 0 saturated carbocycles. The number of rotatable bonds is 0. The summed E-state index contributed by atoms with van der Waals surface area (Å²) in [7, 11) is 0. The molecule has 0 radical (unpaired) electrons. The molecule has 98 valence electrons. The summed E-state index contributed by atoms with van der Waals surface area (Å²) in [5.41, 5.74) is 4.85. The Hall–Kier alpha value is -1.09. The van der Waals surface area contributed by atoms with Crippen LogP contribution in [0.15, 0.2) is 10.5 Å². The average molecular weight is 310 g/mol. The number of aromatic hydroxyl groups is 1. The van der Waals surface area contributed by atoms with Gasteiger partial charge in [-0.15, -0.1) is 0 Å². The van der Waals surface area contributed by atoms with Gasteiger partial charge in [0, 0.05) is 15.6 Å². The van der Waals surface area contributed by atoms with E-state index in [1.807, 2.05) is 33.8 Å². The van der Waals surface area contributed by atoms with Gasteiger partial charge in [-0.2, -0.15) is 0 Å². The third kappa shape index (κ3) is 2.37. The van der Waals surface area contributed by atoms with Gasteiger partial charge in [-0.3, -0.25) is 0 Å². The molecule has 1 heterocycles. The zero-order valence-electron chi connectivity index (χ0n) is 11.8. The van der Waals surface area contributed by atoms with Gasteiger partial charge in [-0.25, -0.2) is 4.98 Å². The summed E-state index contributed by atoms with van der Waals surface area (Å²) in [6.45, 7) is 12.0. The Morgan fingerprint density at radius 1 is 1.06 bits per heavy atom. The molecule has 1 aromatic heterocycles. The molecule has 0 unspecified atom stereocenters. The van der Waals surface area contributed by atoms with Gasteiger partial charge >= 0.3 is 0 Å². The molecule has 3 heteroatoms. The first kappa shape index (κ1) is 15.0. The number of aryl methyl sites for hydroxylation is 3. The Morgan fingerprint density at radius 3 is 2.17 bits per heavy atom. The van der Waals surface area contributed by atoms with Crippen molar-refractivity contribution in [2.24, 2.45) is 0 Å². The molecule has 0 saturated heterocycles. The smallest absolute Gasteiger partial charge is 0.144 e. The first-order valence-corrected chi connectivity index (χ1v) is 6.98. The molecule has 0 spiro atoms. The van der Waals surface area contributed by atoms with Gasteiger partial charge in [-0.05, 0) is 50.5 Å². The van der Waals surface area contributed by atoms with E-state index in [2.05, 4.69) is 34.8 Å². The van der Waals surface area contributed by atoms with Crippen LogP contribution in [0.1, 0.15) is 36.2 Å². The second kappa shape index (κ2) is 5.70. The highest BCUT2D eigenvalue weighted by Crippen LogP contribution is 2.36. The molecule has 1 N–H and O–H groups in total. The van der Waals surface area contributed by atoms with Crippen LogP contribution in [0.2, 0.25) is 0 Å². The number of benzene rings is 1. The molecule has 2 aromatic rings. The van der Waals surface area contributed by atoms with Crippen LogP contribution in [0.5, 0.6) is 5.75 Å². The van der Waals surface area contributed by atoms with Crippen LogP contribution in [-0.2, 0) is 0 Å². The molecular formula is C15H20BrNO. The lowest BCUT2D eigenvalue weighted by Gasteiger charge is -2.12. The fourth-order valence-electron chi connectivity index (χ4n) is 1.92. The number of hydrogen-bond acceptors (Lipinski definition) is 2. The second-order valence-electron chi connectivity index (χ2n) is 4.19. The van der Waals surface area contributed by atoms with E-state index >= 15 is 0 Å². The van der Waals surface area contributed by atoms with Crippen LogP contribution < -0.4 is 0 Å². The molecule has 0 aliphatic heterocycles. The highest BCUT2D eigenvalue weighted by atomic mass is 79.9. The van der Waals surface area contributed by atoms with Crippen LogP contribution in [0, 0.1) is 27.7 Å². The number of fused-ring (bicyclic) bond motifs is 1. The second-order valence-corrected chi connectivity index (χ2v) is 5.05. The molecule has 0 aliphatic rings. The molecule has 0 fully saturated rings. The lowest BCUT2D eigenvalue weighted by atomic mass is 10.0. The number of halogens is 1. The van der Waals surface area contributed by atoms with Gasteiger partial charge in [0.05, 0.1) is 0 Å². The predicted octanol–water partition coefficient (Wildman–Crippen LogP) is 4.96. The molecule has 2 rings (SSSR count). The van der Waals surface area contributed by atoms with E-state index in [0.717, 1.165) is 21.1 Å². The number of hydrogen-bond donors (Lipinski definition) is 1. The lowest BCUT2D eigenvalue weighted by molar-refractivity contribution is 0.476. The van der Waals surface area contributed by atoms with Gasteiger partial charge in [0.15, 0.2) is 0 Å². The van der Waals surface area contributed by atoms with Gasteiger partial charge in [0.25, 0.3) is 0 Å². The maximum Gasteiger partial charge on any atom is 0.144 e. The average Bonchev–Trinajstić information content (AvgIpc) is 2.35. The summed E-state index contributed by atoms with van der Waals surface area (Å²) in [6, 6.07) is 1.93. The largest absolute Gasteiger partial charge is 0.505 e. The molecule has 0 amide bonds. The van der Waals surface area contributed by atoms with Crippen LogP contribution in [0.3, 0.4) is 0 Å². The summed E-state index contributed by atoms with van der Waals surface area (Å²) < 4.78 is 0.992. The van der Waals surface area contributed by atoms with Gasteiger partial charge in [0.2, 0.25) is 0 Å². The van der Waals surface area contributed by atoms with E-state index in [9.17, 15) is 5.11 Å². The Morgan fingerprint density at radius 2 is 1.61 bits per heavy atom. The van der Waals surface area contributed by atoms with Crippen molar-refractivity contribution in [3.05, 3.63) is 32.9 Å². The van der Waals surface area contributed by atoms with Crippen LogP contribution in [0.25, 0.3) is 10.9 Å². The Labute approximate surface area is 117 Å². The Balaban J connectivity index is 0.000000771. The number of phenolic OH excluding ortho intramolecular Hbond substituents is 1. The first-order valence-electron chi connectivity index (χ1n) is 6.19. The van der Waals surface area contributed by atoms with E-state index < -0.39 is 0 Å². The normalized spacial score (nSPS) is 10.2. The monoisotopic (exact) mass is 309 g/mol. The molecule has 18 heavy (non-hydrogen) atoms. The van der Waals surface area contributed by atoms with Crippen LogP contribution in [-0.4, -0.2) is 10.1 Å². The maximum absolute atomic E-state index is 10.0. The Kier molecular flexibility index (Phi) is 4.74. The van der Waals surface area contributed by atoms with E-state index in [-0.39, 0.29) is 5.75 Å². The highest BCUT2D eigenvalue weighted by molar-refractivity contribution is 9.10. The van der Waals surface area contributed by atoms with Crippen molar-refractivity contribution < 1.29 is 5.11 Å². The highest BCUT2D eigenvalue weighted by Gasteiger charge is 2.13. The number of phenols is 1. The zero-order valence-corrected chi connectivity index (χ0v) is 13.4. The van der Waals surface area contributed by atoms with Gasteiger partial charge < -0.3 is 5.11 Å². The minimum Gasteiger partial charge on any atom is -0.505 e. The topological polar surface area (TPSA) is 33.1 Å². The van der Waals surface area contributed by atoms with Crippen LogP contribution in [0.4, 0.5) is 0 Å². The lowest BCUT2D eigenvalue weighted by Crippen LogP contribution is -1.95. The standard InChI is InChI=1S/C13H14BrNO.C2H6/c1-6-5-10(14)11-8(3)7(2)9(4)15-12(11)13(6)16;1-2/h5,16H,1-4H3;1-2H3. The summed E-state index contributed by atoms with van der Waals surface area (Å²) in [6.07, 6.45) is 0. The van der Waals surface area contributed by atoms with Crippen molar-refractivity contribution in [2.75, 3.05) is 0 Å². The number of nitrogens with zero attached hydrogens (tertiary/aromatic N) is 1. The zero-order chi connectivity index (χ0) is 14.0. The van der Waals surface area contributed by atoms with Gasteiger partial charge in [-0.1, -0.05) is 29.8 Å². The van der Waals surface area contributed by atoms with Crippen molar-refractivity contribution in [2.45, 2.75) is 41.5 Å². The SMILES string of the molecule is CC.Cc1cc(Br)c2c(C)c(C)c(C)nc2c1O. The molecular weight excluding hydrogens is 290 g/mol. The van der Waals surface area contributed by atoms with Crippen molar-refractivity contribution in [3.63, 3.8) is 0 Å². The molecule has 0 bridgehead atoms. The molecule has 0 atom stereocenters. The quantitative estimate of drug-likeness (QED) is 0.746. The maximum atomic E-state index is 10.0. The molecule has 1 aromatic carbocycles. The van der Waals surface area contributed by atoms with E-state index in [0.29, 0.717) is 5.52 Å². The fourth-order valence-corrected chi connectivity index (χ4v) is 2.75. The third-order valence-electron chi connectivity index (χ3n) is 3.18. The fraction of sp³-hybridized carbons (Fsp3) is 0.400. The van der Waals surface area contributed by atoms with Crippen LogP contribution >= 0.6 is 15.9 Å². The number of aromatic nitrogens is 1. The van der Waals surface area contributed by atoms with E-state index in [4.69, 9.17) is 0 Å². The first-order chi connectivity index (χ1) is 8.43. The molecule has 2 nitrogen and oxygen atoms in total. The Bertz CT molecular complexity index is 591. The van der Waals surface area contributed by atoms with Crippen molar-refractivity contribution in [3.8, 4) is 5.75 Å². The third-order valence-corrected chi connectivity index (χ3v) is 3.80. The minimum absolute atomic E-state index is 0.282. The predicted molar refractivity (Wildman–Crippen MR) is 81.4 cm³/mol. The van der Waals surface area contributed by atoms with E-state index in [1.165, 1.54) is 11.1 Å². The number of pyridine rings is 1. The van der Waals surface area contributed by atoms with Gasteiger partial charge in [0.1, 0.15) is 11.3 Å². The van der Waals surface area contributed by atoms with Crippen molar-refractivity contribution in [1.82, 2.24) is 4.98 Å². The summed E-state index contributed by atoms with van der Waals surface area (Å²) in [5, 5.41) is 11.0. The minimum atomic E-state index is 0.282. The van der Waals surface area contributed by atoms with Crippen molar-refractivity contribution >= 4 is 26.8 Å². The summed E-state index contributed by atoms with van der Waals surface area (Å²) >= 11 is 3.54.